The van der Waals surface area contributed by atoms with E-state index < -0.39 is 6.09 Å². The fourth-order valence-electron chi connectivity index (χ4n) is 4.44. The summed E-state index contributed by atoms with van der Waals surface area (Å²) in [6, 6.07) is 9.71. The first-order valence-corrected chi connectivity index (χ1v) is 12.9. The Bertz CT molecular complexity index is 1500. The molecule has 0 saturated carbocycles. The molecule has 1 N–H and O–H groups in total. The van der Waals surface area contributed by atoms with Crippen LogP contribution in [-0.4, -0.2) is 64.7 Å². The fourth-order valence-corrected chi connectivity index (χ4v) is 5.49. The molecule has 0 radical (unpaired) electrons. The van der Waals surface area contributed by atoms with E-state index in [0.29, 0.717) is 10.7 Å². The molecule has 3 aromatic heterocycles. The van der Waals surface area contributed by atoms with Crippen molar-refractivity contribution in [3.05, 3.63) is 59.5 Å². The van der Waals surface area contributed by atoms with Crippen LogP contribution in [0.1, 0.15) is 35.5 Å². The van der Waals surface area contributed by atoms with Gasteiger partial charge in [-0.3, -0.25) is 15.1 Å². The summed E-state index contributed by atoms with van der Waals surface area (Å²) in [5.41, 5.74) is 7.18. The molecule has 2 amide bonds. The second-order valence-electron chi connectivity index (χ2n) is 9.25. The predicted octanol–water partition coefficient (Wildman–Crippen LogP) is 3.07. The molecule has 1 aliphatic carbocycles. The molecular formula is C26H27BN6O3S. The lowest BCUT2D eigenvalue weighted by molar-refractivity contribution is 0.0755. The molecule has 4 aromatic rings. The second-order valence-corrected chi connectivity index (χ2v) is 10.3. The molecule has 1 aliphatic rings. The Hall–Kier alpha value is -3.99. The zero-order chi connectivity index (χ0) is 26.3. The third-order valence-electron chi connectivity index (χ3n) is 6.60. The van der Waals surface area contributed by atoms with E-state index in [1.807, 2.05) is 70.0 Å². The van der Waals surface area contributed by atoms with Crippen LogP contribution in [0, 0.1) is 0 Å². The third kappa shape index (κ3) is 4.50. The molecule has 0 fully saturated rings. The summed E-state index contributed by atoms with van der Waals surface area (Å²) >= 11 is 1.40. The first-order chi connectivity index (χ1) is 17.8. The number of amides is 2. The number of ether oxygens (including phenoxy) is 1. The molecule has 0 spiro atoms. The zero-order valence-electron chi connectivity index (χ0n) is 21.4. The van der Waals surface area contributed by atoms with Crippen molar-refractivity contribution in [3.8, 4) is 27.5 Å². The van der Waals surface area contributed by atoms with Crippen molar-refractivity contribution in [1.82, 2.24) is 24.6 Å². The molecule has 5 rings (SSSR count). The number of aromatic nitrogens is 4. The number of anilines is 1. The summed E-state index contributed by atoms with van der Waals surface area (Å²) in [4.78, 5) is 36.4. The number of fused-ring (bicyclic) bond motifs is 3. The highest BCUT2D eigenvalue weighted by Gasteiger charge is 2.30. The highest BCUT2D eigenvalue weighted by atomic mass is 32.1. The topological polar surface area (TPSA) is 102 Å². The number of nitrogens with zero attached hydrogens (tertiary/aromatic N) is 5. The number of methoxy groups -OCH3 is 1. The van der Waals surface area contributed by atoms with Crippen molar-refractivity contribution in [2.45, 2.75) is 32.7 Å². The average molecular weight is 514 g/mol. The van der Waals surface area contributed by atoms with Crippen molar-refractivity contribution in [2.75, 3.05) is 19.5 Å². The van der Waals surface area contributed by atoms with Gasteiger partial charge in [0, 0.05) is 42.2 Å². The molecule has 0 unspecified atom stereocenters. The number of hydrogen-bond donors (Lipinski definition) is 1. The minimum Gasteiger partial charge on any atom is -0.453 e. The highest BCUT2D eigenvalue weighted by Crippen LogP contribution is 2.43. The van der Waals surface area contributed by atoms with E-state index >= 15 is 0 Å². The van der Waals surface area contributed by atoms with Crippen molar-refractivity contribution in [3.63, 3.8) is 0 Å². The van der Waals surface area contributed by atoms with Gasteiger partial charge < -0.3 is 9.64 Å². The third-order valence-corrected chi connectivity index (χ3v) is 7.62. The number of carbonyl (C=O) groups excluding carboxylic acids is 2. The predicted molar refractivity (Wildman–Crippen MR) is 147 cm³/mol. The Morgan fingerprint density at radius 2 is 2.05 bits per heavy atom. The van der Waals surface area contributed by atoms with Crippen LogP contribution in [0.4, 0.5) is 9.93 Å². The highest BCUT2D eigenvalue weighted by molar-refractivity contribution is 7.19. The van der Waals surface area contributed by atoms with E-state index in [1.54, 1.807) is 11.1 Å². The van der Waals surface area contributed by atoms with E-state index in [-0.39, 0.29) is 11.9 Å². The number of pyridine rings is 1. The molecule has 37 heavy (non-hydrogen) atoms. The van der Waals surface area contributed by atoms with E-state index in [1.165, 1.54) is 18.4 Å². The maximum absolute atomic E-state index is 12.9. The lowest BCUT2D eigenvalue weighted by Crippen LogP contribution is -2.33. The lowest BCUT2D eigenvalue weighted by Gasteiger charge is -2.22. The molecule has 9 nitrogen and oxygen atoms in total. The smallest absolute Gasteiger partial charge is 0.413 e. The van der Waals surface area contributed by atoms with E-state index in [2.05, 4.69) is 15.3 Å². The first kappa shape index (κ1) is 24.7. The maximum atomic E-state index is 12.9. The number of benzene rings is 1. The van der Waals surface area contributed by atoms with Crippen LogP contribution in [0.5, 0.6) is 0 Å². The molecular weight excluding hydrogens is 487 g/mol. The Morgan fingerprint density at radius 1 is 1.24 bits per heavy atom. The van der Waals surface area contributed by atoms with Gasteiger partial charge in [0.25, 0.3) is 5.91 Å². The van der Waals surface area contributed by atoms with Gasteiger partial charge in [-0.1, -0.05) is 22.9 Å². The van der Waals surface area contributed by atoms with Crippen LogP contribution in [0.3, 0.4) is 0 Å². The van der Waals surface area contributed by atoms with Gasteiger partial charge in [-0.15, -0.1) is 0 Å². The summed E-state index contributed by atoms with van der Waals surface area (Å²) in [5.74, 6) is -0.0218. The second kappa shape index (κ2) is 9.81. The quantitative estimate of drug-likeness (QED) is 0.411. The number of aryl methyl sites for hydroxylation is 1. The zero-order valence-corrected chi connectivity index (χ0v) is 22.2. The van der Waals surface area contributed by atoms with Crippen LogP contribution in [-0.2, 0) is 17.6 Å². The van der Waals surface area contributed by atoms with Crippen LogP contribution >= 0.6 is 11.3 Å². The molecule has 0 atom stereocenters. The fraction of sp³-hybridized carbons (Fsp3) is 0.269. The minimum absolute atomic E-state index is 0.0218. The summed E-state index contributed by atoms with van der Waals surface area (Å²) < 4.78 is 6.69. The van der Waals surface area contributed by atoms with Gasteiger partial charge in [-0.2, -0.15) is 5.10 Å². The van der Waals surface area contributed by atoms with Crippen LogP contribution < -0.4 is 10.8 Å². The maximum Gasteiger partial charge on any atom is 0.413 e. The van der Waals surface area contributed by atoms with Crippen LogP contribution in [0.25, 0.3) is 27.5 Å². The van der Waals surface area contributed by atoms with E-state index in [9.17, 15) is 9.59 Å². The van der Waals surface area contributed by atoms with Crippen molar-refractivity contribution < 1.29 is 14.3 Å². The summed E-state index contributed by atoms with van der Waals surface area (Å²) in [6.07, 6.45) is 4.48. The van der Waals surface area contributed by atoms with Gasteiger partial charge in [0.1, 0.15) is 7.85 Å². The normalized spacial score (nSPS) is 12.1. The Morgan fingerprint density at radius 3 is 2.73 bits per heavy atom. The Labute approximate surface area is 219 Å². The van der Waals surface area contributed by atoms with Gasteiger partial charge in [-0.25, -0.2) is 14.5 Å². The van der Waals surface area contributed by atoms with Crippen LogP contribution in [0.15, 0.2) is 42.7 Å². The Balaban J connectivity index is 1.66. The number of nitrogens with one attached hydrogen (secondary N) is 1. The molecule has 188 valence electrons. The number of thiazole rings is 1. The van der Waals surface area contributed by atoms with E-state index in [0.717, 1.165) is 57.1 Å². The molecule has 3 heterocycles. The van der Waals surface area contributed by atoms with Crippen LogP contribution in [0.2, 0.25) is 0 Å². The monoisotopic (exact) mass is 514 g/mol. The minimum atomic E-state index is -0.557. The molecule has 0 bridgehead atoms. The van der Waals surface area contributed by atoms with E-state index in [4.69, 9.17) is 9.84 Å². The molecule has 0 saturated heterocycles. The SMILES string of the molecule is Bc1cc(C(=O)N(C)C(C)C)ccc1-n1nc(-c2cccnc2)c2c1-c1sc(NC(=O)OC)nc1CC2. The number of hydrogen-bond acceptors (Lipinski definition) is 7. The average Bonchev–Trinajstić information content (AvgIpc) is 3.49. The van der Waals surface area contributed by atoms with Crippen molar-refractivity contribution >= 4 is 41.8 Å². The largest absolute Gasteiger partial charge is 0.453 e. The molecule has 1 aromatic carbocycles. The standard InChI is InChI=1S/C26H27BN6O3S/c1-14(2)32(3)24(34)15-7-10-20(18(27)12-15)33-22-17(21(31-33)16-6-5-11-28-13-16)8-9-19-23(22)37-25(29-19)30-26(35)36-4/h5-7,10-14H,8-9,27H2,1-4H3,(H,29,30,35). The lowest BCUT2D eigenvalue weighted by atomic mass is 9.91. The van der Waals surface area contributed by atoms with Gasteiger partial charge in [-0.05, 0) is 51.0 Å². The summed E-state index contributed by atoms with van der Waals surface area (Å²) in [5, 5.41) is 8.24. The Kier molecular flexibility index (Phi) is 6.55. The number of carbonyl (C=O) groups is 2. The summed E-state index contributed by atoms with van der Waals surface area (Å²) in [7, 11) is 5.12. The first-order valence-electron chi connectivity index (χ1n) is 12.0. The molecule has 11 heteroatoms. The van der Waals surface area contributed by atoms with Crippen molar-refractivity contribution in [1.29, 1.82) is 0 Å². The van der Waals surface area contributed by atoms with Crippen molar-refractivity contribution in [2.24, 2.45) is 0 Å². The van der Waals surface area contributed by atoms with Gasteiger partial charge in [0.2, 0.25) is 0 Å². The van der Waals surface area contributed by atoms with Gasteiger partial charge >= 0.3 is 6.09 Å². The summed E-state index contributed by atoms with van der Waals surface area (Å²) in [6.45, 7) is 3.98. The number of rotatable bonds is 5. The van der Waals surface area contributed by atoms with Gasteiger partial charge in [0.05, 0.1) is 34.8 Å². The van der Waals surface area contributed by atoms with Gasteiger partial charge in [0.15, 0.2) is 5.13 Å². The molecule has 0 aliphatic heterocycles.